The number of hydrogen-bond donors (Lipinski definition) is 1. The summed E-state index contributed by atoms with van der Waals surface area (Å²) in [6.45, 7) is 17.4. The third-order valence-electron chi connectivity index (χ3n) is 3.00. The lowest BCUT2D eigenvalue weighted by Crippen LogP contribution is -2.29. The molecule has 0 aliphatic heterocycles. The van der Waals surface area contributed by atoms with Crippen LogP contribution in [0.1, 0.15) is 38.8 Å². The smallest absolute Gasteiger partial charge is 0.0198 e. The van der Waals surface area contributed by atoms with Crippen molar-refractivity contribution in [1.82, 2.24) is 5.32 Å². The van der Waals surface area contributed by atoms with E-state index in [1.165, 1.54) is 11.1 Å². The second-order valence-electron chi connectivity index (χ2n) is 5.95. The van der Waals surface area contributed by atoms with E-state index in [1.54, 1.807) is 0 Å². The SMILES string of the molecule is C=C(C)NCC(C)(C)Cc1ccc(C(=C)C)cc1. The fourth-order valence-electron chi connectivity index (χ4n) is 1.91. The zero-order valence-corrected chi connectivity index (χ0v) is 12.1. The zero-order valence-electron chi connectivity index (χ0n) is 12.1. The number of rotatable bonds is 6. The molecule has 0 aliphatic rings. The lowest BCUT2D eigenvalue weighted by molar-refractivity contribution is 0.351. The molecule has 1 N–H and O–H groups in total. The van der Waals surface area contributed by atoms with Gasteiger partial charge in [0.25, 0.3) is 0 Å². The van der Waals surface area contributed by atoms with Gasteiger partial charge in [0.1, 0.15) is 0 Å². The molecule has 1 aromatic carbocycles. The summed E-state index contributed by atoms with van der Waals surface area (Å²) in [6.07, 6.45) is 1.06. The van der Waals surface area contributed by atoms with Crippen LogP contribution in [-0.2, 0) is 6.42 Å². The van der Waals surface area contributed by atoms with Crippen LogP contribution in [0.4, 0.5) is 0 Å². The molecule has 1 aromatic rings. The fraction of sp³-hybridized carbons (Fsp3) is 0.412. The van der Waals surface area contributed by atoms with Gasteiger partial charge in [-0.15, -0.1) is 0 Å². The van der Waals surface area contributed by atoms with Crippen LogP contribution in [-0.4, -0.2) is 6.54 Å². The summed E-state index contributed by atoms with van der Waals surface area (Å²) in [5.41, 5.74) is 4.96. The standard InChI is InChI=1S/C17H25N/c1-13(2)16-9-7-15(8-10-16)11-17(5,6)12-18-14(3)4/h7-10,18H,1,3,11-12H2,2,4-6H3. The van der Waals surface area contributed by atoms with Crippen molar-refractivity contribution in [3.63, 3.8) is 0 Å². The van der Waals surface area contributed by atoms with Gasteiger partial charge >= 0.3 is 0 Å². The summed E-state index contributed by atoms with van der Waals surface area (Å²) in [5, 5.41) is 3.33. The molecular formula is C17H25N. The predicted molar refractivity (Wildman–Crippen MR) is 81.5 cm³/mol. The van der Waals surface area contributed by atoms with Crippen molar-refractivity contribution >= 4 is 5.57 Å². The minimum atomic E-state index is 0.226. The molecule has 0 spiro atoms. The van der Waals surface area contributed by atoms with Gasteiger partial charge in [-0.1, -0.05) is 56.8 Å². The van der Waals surface area contributed by atoms with Gasteiger partial charge in [0.15, 0.2) is 0 Å². The van der Waals surface area contributed by atoms with Crippen molar-refractivity contribution in [2.45, 2.75) is 34.1 Å². The van der Waals surface area contributed by atoms with Crippen molar-refractivity contribution in [3.8, 4) is 0 Å². The molecule has 0 amide bonds. The van der Waals surface area contributed by atoms with Gasteiger partial charge in [-0.3, -0.25) is 0 Å². The Morgan fingerprint density at radius 3 is 2.11 bits per heavy atom. The molecule has 0 saturated carbocycles. The summed E-state index contributed by atoms with van der Waals surface area (Å²) in [4.78, 5) is 0. The molecule has 98 valence electrons. The highest BCUT2D eigenvalue weighted by Gasteiger charge is 2.18. The highest BCUT2D eigenvalue weighted by Crippen LogP contribution is 2.22. The highest BCUT2D eigenvalue weighted by atomic mass is 14.9. The maximum absolute atomic E-state index is 3.96. The van der Waals surface area contributed by atoms with Gasteiger partial charge in [0, 0.05) is 12.2 Å². The lowest BCUT2D eigenvalue weighted by atomic mass is 9.85. The van der Waals surface area contributed by atoms with E-state index in [0.717, 1.165) is 24.2 Å². The molecule has 0 aliphatic carbocycles. The van der Waals surface area contributed by atoms with Crippen molar-refractivity contribution < 1.29 is 0 Å². The van der Waals surface area contributed by atoms with Crippen LogP contribution in [0.2, 0.25) is 0 Å². The summed E-state index contributed by atoms with van der Waals surface area (Å²) in [5.74, 6) is 0. The first-order chi connectivity index (χ1) is 8.30. The van der Waals surface area contributed by atoms with Crippen molar-refractivity contribution in [1.29, 1.82) is 0 Å². The van der Waals surface area contributed by atoms with Crippen molar-refractivity contribution in [2.24, 2.45) is 5.41 Å². The van der Waals surface area contributed by atoms with Crippen LogP contribution in [0.25, 0.3) is 5.57 Å². The van der Waals surface area contributed by atoms with Crippen molar-refractivity contribution in [3.05, 3.63) is 54.2 Å². The molecule has 1 rings (SSSR count). The molecule has 0 bridgehead atoms. The molecule has 1 nitrogen and oxygen atoms in total. The minimum Gasteiger partial charge on any atom is -0.388 e. The van der Waals surface area contributed by atoms with Gasteiger partial charge in [-0.25, -0.2) is 0 Å². The van der Waals surface area contributed by atoms with Crippen LogP contribution >= 0.6 is 0 Å². The molecule has 0 aromatic heterocycles. The molecule has 18 heavy (non-hydrogen) atoms. The first-order valence-electron chi connectivity index (χ1n) is 6.44. The van der Waals surface area contributed by atoms with Gasteiger partial charge < -0.3 is 5.32 Å². The normalized spacial score (nSPS) is 11.1. The van der Waals surface area contributed by atoms with E-state index < -0.39 is 0 Å². The van der Waals surface area contributed by atoms with Crippen LogP contribution in [0, 0.1) is 5.41 Å². The summed E-state index contributed by atoms with van der Waals surface area (Å²) >= 11 is 0. The Hall–Kier alpha value is -1.50. The average Bonchev–Trinajstić information content (AvgIpc) is 2.27. The van der Waals surface area contributed by atoms with E-state index in [4.69, 9.17) is 0 Å². The number of allylic oxidation sites excluding steroid dienone is 2. The minimum absolute atomic E-state index is 0.226. The second kappa shape index (κ2) is 5.90. The van der Waals surface area contributed by atoms with Crippen LogP contribution in [0.5, 0.6) is 0 Å². The maximum Gasteiger partial charge on any atom is 0.0198 e. The Bertz CT molecular complexity index is 423. The second-order valence-corrected chi connectivity index (χ2v) is 5.95. The van der Waals surface area contributed by atoms with E-state index in [9.17, 15) is 0 Å². The van der Waals surface area contributed by atoms with Crippen LogP contribution in [0.15, 0.2) is 43.1 Å². The van der Waals surface area contributed by atoms with Gasteiger partial charge in [0.2, 0.25) is 0 Å². The number of nitrogens with one attached hydrogen (secondary N) is 1. The summed E-state index contributed by atoms with van der Waals surface area (Å²) in [6, 6.07) is 8.71. The number of benzene rings is 1. The Kier molecular flexibility index (Phi) is 4.77. The van der Waals surface area contributed by atoms with Gasteiger partial charge in [-0.2, -0.15) is 0 Å². The molecule has 0 unspecified atom stereocenters. The average molecular weight is 243 g/mol. The van der Waals surface area contributed by atoms with Crippen LogP contribution in [0.3, 0.4) is 0 Å². The Balaban J connectivity index is 2.65. The Morgan fingerprint density at radius 1 is 1.11 bits per heavy atom. The number of hydrogen-bond acceptors (Lipinski definition) is 1. The van der Waals surface area contributed by atoms with Gasteiger partial charge in [-0.05, 0) is 36.8 Å². The molecule has 0 fully saturated rings. The predicted octanol–water partition coefficient (Wildman–Crippen LogP) is 4.41. The first kappa shape index (κ1) is 14.6. The highest BCUT2D eigenvalue weighted by molar-refractivity contribution is 5.61. The topological polar surface area (TPSA) is 12.0 Å². The fourth-order valence-corrected chi connectivity index (χ4v) is 1.91. The largest absolute Gasteiger partial charge is 0.388 e. The Morgan fingerprint density at radius 2 is 1.67 bits per heavy atom. The third kappa shape index (κ3) is 4.79. The van der Waals surface area contributed by atoms with E-state index in [0.29, 0.717) is 0 Å². The van der Waals surface area contributed by atoms with E-state index in [2.05, 4.69) is 56.6 Å². The molecule has 1 heteroatoms. The molecule has 0 atom stereocenters. The molecular weight excluding hydrogens is 218 g/mol. The molecule has 0 saturated heterocycles. The van der Waals surface area contributed by atoms with Crippen molar-refractivity contribution in [2.75, 3.05) is 6.54 Å². The van der Waals surface area contributed by atoms with E-state index >= 15 is 0 Å². The summed E-state index contributed by atoms with van der Waals surface area (Å²) in [7, 11) is 0. The molecule has 0 heterocycles. The maximum atomic E-state index is 3.96. The summed E-state index contributed by atoms with van der Waals surface area (Å²) < 4.78 is 0. The zero-order chi connectivity index (χ0) is 13.8. The van der Waals surface area contributed by atoms with Crippen LogP contribution < -0.4 is 5.32 Å². The molecule has 0 radical (unpaired) electrons. The first-order valence-corrected chi connectivity index (χ1v) is 6.44. The van der Waals surface area contributed by atoms with Gasteiger partial charge in [0.05, 0.1) is 0 Å². The lowest BCUT2D eigenvalue weighted by Gasteiger charge is -2.26. The monoisotopic (exact) mass is 243 g/mol. The third-order valence-corrected chi connectivity index (χ3v) is 3.00. The van der Waals surface area contributed by atoms with E-state index in [-0.39, 0.29) is 5.41 Å². The quantitative estimate of drug-likeness (QED) is 0.780. The van der Waals surface area contributed by atoms with E-state index in [1.807, 2.05) is 13.8 Å². The Labute approximate surface area is 112 Å².